The molecule has 3 saturated carbocycles. The quantitative estimate of drug-likeness (QED) is 0.664. The maximum atomic E-state index is 5.95. The van der Waals surface area contributed by atoms with E-state index in [0.29, 0.717) is 0 Å². The van der Waals surface area contributed by atoms with Gasteiger partial charge in [-0.3, -0.25) is 0 Å². The highest BCUT2D eigenvalue weighted by molar-refractivity contribution is 5.11. The molecule has 0 aromatic carbocycles. The molecule has 0 amide bonds. The Labute approximate surface area is 92.3 Å². The number of rotatable bonds is 4. The van der Waals surface area contributed by atoms with Gasteiger partial charge < -0.3 is 9.47 Å². The van der Waals surface area contributed by atoms with E-state index in [1.54, 1.807) is 0 Å². The molecule has 2 heteroatoms. The minimum atomic E-state index is -0.173. The molecule has 0 aromatic heterocycles. The van der Waals surface area contributed by atoms with Gasteiger partial charge in [0.1, 0.15) is 0 Å². The molecule has 0 unspecified atom stereocenters. The first-order valence-electron chi connectivity index (χ1n) is 6.58. The van der Waals surface area contributed by atoms with Gasteiger partial charge in [-0.1, -0.05) is 0 Å². The van der Waals surface area contributed by atoms with Gasteiger partial charge in [0, 0.05) is 25.6 Å². The Morgan fingerprint density at radius 1 is 1.07 bits per heavy atom. The fourth-order valence-corrected chi connectivity index (χ4v) is 4.53. The molecule has 0 radical (unpaired) electrons. The lowest BCUT2D eigenvalue weighted by Gasteiger charge is -2.55. The highest BCUT2D eigenvalue weighted by Gasteiger charge is 2.66. The van der Waals surface area contributed by atoms with E-state index in [4.69, 9.17) is 9.47 Å². The molecule has 3 rings (SSSR count). The maximum Gasteiger partial charge on any atom is 0.171 e. The number of ether oxygens (including phenoxy) is 2. The molecule has 0 heterocycles. The van der Waals surface area contributed by atoms with Crippen LogP contribution in [0.2, 0.25) is 0 Å². The molecular weight excluding hydrogens is 188 g/mol. The van der Waals surface area contributed by atoms with Crippen LogP contribution in [-0.4, -0.2) is 19.0 Å². The molecule has 0 N–H and O–H groups in total. The fourth-order valence-electron chi connectivity index (χ4n) is 4.53. The monoisotopic (exact) mass is 210 g/mol. The predicted molar refractivity (Wildman–Crippen MR) is 58.4 cm³/mol. The van der Waals surface area contributed by atoms with E-state index in [-0.39, 0.29) is 5.79 Å². The van der Waals surface area contributed by atoms with Crippen LogP contribution in [0.1, 0.15) is 39.5 Å². The molecule has 3 aliphatic carbocycles. The van der Waals surface area contributed by atoms with Crippen molar-refractivity contribution in [2.75, 3.05) is 13.2 Å². The first kappa shape index (κ1) is 10.1. The van der Waals surface area contributed by atoms with Crippen molar-refractivity contribution in [3.05, 3.63) is 0 Å². The summed E-state index contributed by atoms with van der Waals surface area (Å²) in [4.78, 5) is 0. The molecular formula is C13H22O2. The van der Waals surface area contributed by atoms with E-state index in [1.165, 1.54) is 25.7 Å². The van der Waals surface area contributed by atoms with Crippen LogP contribution >= 0.6 is 0 Å². The third-order valence-electron chi connectivity index (χ3n) is 4.89. The second-order valence-corrected chi connectivity index (χ2v) is 5.40. The van der Waals surface area contributed by atoms with Crippen LogP contribution < -0.4 is 0 Å². The summed E-state index contributed by atoms with van der Waals surface area (Å²) in [6.45, 7) is 5.75. The van der Waals surface area contributed by atoms with Crippen LogP contribution in [0.4, 0.5) is 0 Å². The summed E-state index contributed by atoms with van der Waals surface area (Å²) in [7, 11) is 0. The molecule has 15 heavy (non-hydrogen) atoms. The largest absolute Gasteiger partial charge is 0.350 e. The zero-order valence-corrected chi connectivity index (χ0v) is 9.87. The Bertz CT molecular complexity index is 243. The van der Waals surface area contributed by atoms with Crippen molar-refractivity contribution in [3.8, 4) is 0 Å². The first-order valence-corrected chi connectivity index (χ1v) is 6.58. The molecule has 4 atom stereocenters. The van der Waals surface area contributed by atoms with E-state index in [9.17, 15) is 0 Å². The van der Waals surface area contributed by atoms with Gasteiger partial charge >= 0.3 is 0 Å². The minimum absolute atomic E-state index is 0.173. The van der Waals surface area contributed by atoms with Crippen LogP contribution in [0.25, 0.3) is 0 Å². The summed E-state index contributed by atoms with van der Waals surface area (Å²) in [5.74, 6) is 3.41. The predicted octanol–water partition coefficient (Wildman–Crippen LogP) is 2.82. The number of hydrogen-bond acceptors (Lipinski definition) is 2. The zero-order valence-electron chi connectivity index (χ0n) is 9.87. The Kier molecular flexibility index (Phi) is 2.33. The van der Waals surface area contributed by atoms with Crippen molar-refractivity contribution in [2.45, 2.75) is 45.3 Å². The molecule has 0 spiro atoms. The summed E-state index contributed by atoms with van der Waals surface area (Å²) in [5, 5.41) is 0. The molecule has 86 valence electrons. The van der Waals surface area contributed by atoms with Crippen LogP contribution in [0.3, 0.4) is 0 Å². The van der Waals surface area contributed by atoms with Crippen molar-refractivity contribution in [1.82, 2.24) is 0 Å². The van der Waals surface area contributed by atoms with E-state index < -0.39 is 0 Å². The lowest BCUT2D eigenvalue weighted by molar-refractivity contribution is -0.337. The van der Waals surface area contributed by atoms with Gasteiger partial charge in [0.05, 0.1) is 0 Å². The fraction of sp³-hybridized carbons (Fsp3) is 1.00. The van der Waals surface area contributed by atoms with E-state index >= 15 is 0 Å². The Balaban J connectivity index is 1.77. The molecule has 0 saturated heterocycles. The van der Waals surface area contributed by atoms with E-state index in [2.05, 4.69) is 13.8 Å². The van der Waals surface area contributed by atoms with Gasteiger partial charge in [0.25, 0.3) is 0 Å². The summed E-state index contributed by atoms with van der Waals surface area (Å²) in [6, 6.07) is 0. The molecule has 3 aliphatic rings. The van der Waals surface area contributed by atoms with Crippen molar-refractivity contribution < 1.29 is 9.47 Å². The maximum absolute atomic E-state index is 5.95. The Morgan fingerprint density at radius 3 is 2.33 bits per heavy atom. The zero-order chi connectivity index (χ0) is 10.5. The van der Waals surface area contributed by atoms with E-state index in [0.717, 1.165) is 36.9 Å². The Hall–Kier alpha value is -0.0800. The minimum Gasteiger partial charge on any atom is -0.350 e. The van der Waals surface area contributed by atoms with Crippen molar-refractivity contribution in [3.63, 3.8) is 0 Å². The van der Waals surface area contributed by atoms with Gasteiger partial charge in [0.15, 0.2) is 5.79 Å². The van der Waals surface area contributed by atoms with Crippen molar-refractivity contribution in [1.29, 1.82) is 0 Å². The lowest BCUT2D eigenvalue weighted by Crippen LogP contribution is -2.59. The smallest absolute Gasteiger partial charge is 0.171 e. The topological polar surface area (TPSA) is 18.5 Å². The van der Waals surface area contributed by atoms with Crippen molar-refractivity contribution in [2.24, 2.45) is 23.7 Å². The summed E-state index contributed by atoms with van der Waals surface area (Å²) in [6.07, 6.45) is 5.52. The van der Waals surface area contributed by atoms with Crippen LogP contribution in [0.5, 0.6) is 0 Å². The van der Waals surface area contributed by atoms with Gasteiger partial charge in [-0.2, -0.15) is 0 Å². The molecule has 2 bridgehead atoms. The second-order valence-electron chi connectivity index (χ2n) is 5.40. The van der Waals surface area contributed by atoms with Gasteiger partial charge in [0.2, 0.25) is 0 Å². The summed E-state index contributed by atoms with van der Waals surface area (Å²) < 4.78 is 11.9. The third kappa shape index (κ3) is 1.24. The molecule has 3 fully saturated rings. The molecule has 0 aliphatic heterocycles. The van der Waals surface area contributed by atoms with Gasteiger partial charge in [-0.25, -0.2) is 0 Å². The van der Waals surface area contributed by atoms with Crippen LogP contribution in [0, 0.1) is 23.7 Å². The second kappa shape index (κ2) is 3.46. The van der Waals surface area contributed by atoms with Gasteiger partial charge in [-0.15, -0.1) is 0 Å². The highest BCUT2D eigenvalue weighted by Crippen LogP contribution is 2.66. The standard InChI is InChI=1S/C13H22O2/c1-3-14-13(15-4-2)8-11-9-5-6-10(7-9)12(11)13/h9-12H,3-8H2,1-2H3/t9-,10-,11+,12-/m0/s1. The van der Waals surface area contributed by atoms with Crippen LogP contribution in [-0.2, 0) is 9.47 Å². The molecule has 0 aromatic rings. The Morgan fingerprint density at radius 2 is 1.73 bits per heavy atom. The first-order chi connectivity index (χ1) is 7.30. The van der Waals surface area contributed by atoms with Crippen LogP contribution in [0.15, 0.2) is 0 Å². The average molecular weight is 210 g/mol. The average Bonchev–Trinajstić information content (AvgIpc) is 2.73. The number of hydrogen-bond donors (Lipinski definition) is 0. The molecule has 2 nitrogen and oxygen atoms in total. The summed E-state index contributed by atoms with van der Waals surface area (Å²) >= 11 is 0. The number of fused-ring (bicyclic) bond motifs is 5. The van der Waals surface area contributed by atoms with E-state index in [1.807, 2.05) is 0 Å². The SMILES string of the molecule is CCOC1(OCC)C[C@@H]2[C@H]3CC[C@@H](C3)[C@@H]21. The normalized spacial score (nSPS) is 45.2. The lowest BCUT2D eigenvalue weighted by atomic mass is 9.61. The highest BCUT2D eigenvalue weighted by atomic mass is 16.7. The third-order valence-corrected chi connectivity index (χ3v) is 4.89. The van der Waals surface area contributed by atoms with Gasteiger partial charge in [-0.05, 0) is 50.9 Å². The summed E-state index contributed by atoms with van der Waals surface area (Å²) in [5.41, 5.74) is 0. The van der Waals surface area contributed by atoms with Crippen molar-refractivity contribution >= 4 is 0 Å².